The Morgan fingerprint density at radius 1 is 1.27 bits per heavy atom. The smallest absolute Gasteiger partial charge is 0.229 e. The number of fused-ring (bicyclic) bond motifs is 2. The largest absolute Gasteiger partial charge is 0.495 e. The lowest BCUT2D eigenvalue weighted by Gasteiger charge is -2.26. The van der Waals surface area contributed by atoms with Crippen molar-refractivity contribution in [1.29, 1.82) is 0 Å². The number of hydrogen-bond donors (Lipinski definition) is 1. The highest BCUT2D eigenvalue weighted by Gasteiger charge is 2.19. The molecule has 1 unspecified atom stereocenters. The van der Waals surface area contributed by atoms with Crippen LogP contribution in [0, 0.1) is 5.92 Å². The van der Waals surface area contributed by atoms with E-state index in [0.717, 1.165) is 74.6 Å². The fourth-order valence-corrected chi connectivity index (χ4v) is 4.37. The molecule has 0 radical (unpaired) electrons. The maximum atomic E-state index is 5.64. The molecule has 30 heavy (non-hydrogen) atoms. The zero-order chi connectivity index (χ0) is 20.5. The first-order chi connectivity index (χ1) is 14.7. The number of hydrogen-bond acceptors (Lipinski definition) is 7. The summed E-state index contributed by atoms with van der Waals surface area (Å²) in [5.41, 5.74) is 4.39. The third-order valence-corrected chi connectivity index (χ3v) is 6.03. The van der Waals surface area contributed by atoms with E-state index in [-0.39, 0.29) is 0 Å². The van der Waals surface area contributed by atoms with Gasteiger partial charge in [0, 0.05) is 38.4 Å². The summed E-state index contributed by atoms with van der Waals surface area (Å²) < 4.78 is 13.2. The molecule has 0 aliphatic carbocycles. The Morgan fingerprint density at radius 3 is 3.03 bits per heavy atom. The molecule has 1 aromatic carbocycles. The lowest BCUT2D eigenvalue weighted by atomic mass is 9.99. The van der Waals surface area contributed by atoms with Gasteiger partial charge in [0.1, 0.15) is 5.75 Å². The lowest BCUT2D eigenvalue weighted by molar-refractivity contribution is 0.0474. The molecule has 4 heterocycles. The second-order valence-corrected chi connectivity index (χ2v) is 8.32. The zero-order valence-corrected chi connectivity index (χ0v) is 17.6. The molecule has 8 heteroatoms. The predicted octanol–water partition coefficient (Wildman–Crippen LogP) is 2.99. The molecule has 2 aliphatic rings. The summed E-state index contributed by atoms with van der Waals surface area (Å²) in [7, 11) is 3.85. The van der Waals surface area contributed by atoms with Crippen molar-refractivity contribution in [3.8, 4) is 5.75 Å². The second kappa shape index (κ2) is 8.20. The lowest BCUT2D eigenvalue weighted by Crippen LogP contribution is -2.26. The Kier molecular flexibility index (Phi) is 5.26. The highest BCUT2D eigenvalue weighted by Crippen LogP contribution is 2.33. The van der Waals surface area contributed by atoms with Crippen molar-refractivity contribution < 1.29 is 9.47 Å². The minimum absolute atomic E-state index is 0.478. The van der Waals surface area contributed by atoms with Crippen LogP contribution in [0.2, 0.25) is 0 Å². The van der Waals surface area contributed by atoms with E-state index in [9.17, 15) is 0 Å². The molecule has 0 amide bonds. The number of ether oxygens (including phenoxy) is 2. The molecule has 1 atom stereocenters. The van der Waals surface area contributed by atoms with Gasteiger partial charge >= 0.3 is 0 Å². The van der Waals surface area contributed by atoms with Gasteiger partial charge in [-0.1, -0.05) is 0 Å². The monoisotopic (exact) mass is 408 g/mol. The summed E-state index contributed by atoms with van der Waals surface area (Å²) in [5, 5.41) is 8.85. The summed E-state index contributed by atoms with van der Waals surface area (Å²) in [6.45, 7) is 4.47. The summed E-state index contributed by atoms with van der Waals surface area (Å²) in [5.74, 6) is 1.84. The summed E-state index contributed by atoms with van der Waals surface area (Å²) in [6.07, 6.45) is 6.97. The van der Waals surface area contributed by atoms with Gasteiger partial charge in [-0.2, -0.15) is 10.1 Å². The first-order valence-electron chi connectivity index (χ1n) is 10.6. The van der Waals surface area contributed by atoms with Gasteiger partial charge in [-0.05, 0) is 49.6 Å². The molecule has 1 fully saturated rings. The van der Waals surface area contributed by atoms with E-state index < -0.39 is 0 Å². The Hall–Kier alpha value is -2.71. The van der Waals surface area contributed by atoms with Gasteiger partial charge in [0.05, 0.1) is 31.0 Å². The van der Waals surface area contributed by atoms with Gasteiger partial charge in [0.25, 0.3) is 0 Å². The van der Waals surface area contributed by atoms with Crippen molar-refractivity contribution in [1.82, 2.24) is 24.6 Å². The fourth-order valence-electron chi connectivity index (χ4n) is 4.37. The molecule has 158 valence electrons. The van der Waals surface area contributed by atoms with Crippen molar-refractivity contribution in [3.05, 3.63) is 35.7 Å². The fraction of sp³-hybridized carbons (Fsp3) is 0.500. The van der Waals surface area contributed by atoms with E-state index in [1.807, 2.05) is 17.1 Å². The molecule has 1 saturated heterocycles. The van der Waals surface area contributed by atoms with Crippen LogP contribution in [0.4, 0.5) is 11.6 Å². The molecular formula is C22H28N6O2. The molecule has 1 N–H and O–H groups in total. The topological polar surface area (TPSA) is 77.3 Å². The Bertz CT molecular complexity index is 1040. The van der Waals surface area contributed by atoms with Crippen LogP contribution < -0.4 is 10.1 Å². The van der Waals surface area contributed by atoms with Gasteiger partial charge in [-0.15, -0.1) is 0 Å². The van der Waals surface area contributed by atoms with Gasteiger partial charge < -0.3 is 19.7 Å². The number of rotatable bonds is 5. The summed E-state index contributed by atoms with van der Waals surface area (Å²) in [4.78, 5) is 11.6. The standard InChI is InChI=1S/C22H28N6O2/c1-27-6-5-16-9-20(29-2)19(8-17(16)13-27)25-22-23-10-18-11-24-28(21(18)26-22)12-15-4-3-7-30-14-15/h8-11,15H,3-7,12-14H2,1-2H3,(H,23,25,26). The van der Waals surface area contributed by atoms with E-state index in [2.05, 4.69) is 39.5 Å². The summed E-state index contributed by atoms with van der Waals surface area (Å²) in [6, 6.07) is 4.30. The Morgan fingerprint density at radius 2 is 2.20 bits per heavy atom. The second-order valence-electron chi connectivity index (χ2n) is 8.32. The molecule has 5 rings (SSSR count). The number of benzene rings is 1. The van der Waals surface area contributed by atoms with Crippen LogP contribution in [0.25, 0.3) is 11.0 Å². The van der Waals surface area contributed by atoms with E-state index in [1.165, 1.54) is 11.1 Å². The normalized spacial score (nSPS) is 19.6. The van der Waals surface area contributed by atoms with Crippen molar-refractivity contribution in [2.45, 2.75) is 32.4 Å². The van der Waals surface area contributed by atoms with Crippen LogP contribution in [-0.2, 0) is 24.2 Å². The Labute approximate surface area is 176 Å². The minimum Gasteiger partial charge on any atom is -0.495 e. The average molecular weight is 409 g/mol. The highest BCUT2D eigenvalue weighted by molar-refractivity contribution is 5.76. The number of nitrogens with one attached hydrogen (secondary N) is 1. The molecule has 2 aromatic heterocycles. The van der Waals surface area contributed by atoms with Crippen molar-refractivity contribution >= 4 is 22.7 Å². The molecule has 0 spiro atoms. The maximum Gasteiger partial charge on any atom is 0.229 e. The molecule has 3 aromatic rings. The van der Waals surface area contributed by atoms with Gasteiger partial charge in [0.15, 0.2) is 5.65 Å². The van der Waals surface area contributed by atoms with Crippen LogP contribution >= 0.6 is 0 Å². The van der Waals surface area contributed by atoms with Crippen LogP contribution in [0.3, 0.4) is 0 Å². The number of anilines is 2. The molecule has 0 bridgehead atoms. The van der Waals surface area contributed by atoms with Crippen molar-refractivity contribution in [3.63, 3.8) is 0 Å². The van der Waals surface area contributed by atoms with Crippen LogP contribution in [-0.4, -0.2) is 58.6 Å². The van der Waals surface area contributed by atoms with E-state index >= 15 is 0 Å². The minimum atomic E-state index is 0.478. The van der Waals surface area contributed by atoms with Gasteiger partial charge in [-0.25, -0.2) is 9.67 Å². The quantitative estimate of drug-likeness (QED) is 0.695. The third-order valence-electron chi connectivity index (χ3n) is 6.03. The number of likely N-dealkylation sites (N-methyl/N-ethyl adjacent to an activating group) is 1. The van der Waals surface area contributed by atoms with E-state index in [1.54, 1.807) is 7.11 Å². The highest BCUT2D eigenvalue weighted by atomic mass is 16.5. The molecular weight excluding hydrogens is 380 g/mol. The molecule has 2 aliphatic heterocycles. The van der Waals surface area contributed by atoms with Crippen molar-refractivity contribution in [2.24, 2.45) is 5.92 Å². The Balaban J connectivity index is 1.42. The SMILES string of the molecule is COc1cc2c(cc1Nc1ncc3cnn(CC4CCCOC4)c3n1)CN(C)CC2. The first kappa shape index (κ1) is 19.3. The van der Waals surface area contributed by atoms with Crippen molar-refractivity contribution in [2.75, 3.05) is 39.2 Å². The van der Waals surface area contributed by atoms with Gasteiger partial charge in [0.2, 0.25) is 5.95 Å². The number of nitrogens with zero attached hydrogens (tertiary/aromatic N) is 5. The molecule has 8 nitrogen and oxygen atoms in total. The molecule has 0 saturated carbocycles. The maximum absolute atomic E-state index is 5.64. The average Bonchev–Trinajstić information content (AvgIpc) is 3.16. The predicted molar refractivity (Wildman–Crippen MR) is 115 cm³/mol. The summed E-state index contributed by atoms with van der Waals surface area (Å²) >= 11 is 0. The van der Waals surface area contributed by atoms with E-state index in [0.29, 0.717) is 11.9 Å². The van der Waals surface area contributed by atoms with Crippen LogP contribution in [0.1, 0.15) is 24.0 Å². The third kappa shape index (κ3) is 3.85. The van der Waals surface area contributed by atoms with Gasteiger partial charge in [-0.3, -0.25) is 0 Å². The van der Waals surface area contributed by atoms with Crippen LogP contribution in [0.5, 0.6) is 5.75 Å². The number of aromatic nitrogens is 4. The van der Waals surface area contributed by atoms with Crippen LogP contribution in [0.15, 0.2) is 24.5 Å². The first-order valence-corrected chi connectivity index (χ1v) is 10.6. The zero-order valence-electron chi connectivity index (χ0n) is 17.6. The number of methoxy groups -OCH3 is 1. The van der Waals surface area contributed by atoms with E-state index in [4.69, 9.17) is 14.5 Å².